The average Bonchev–Trinajstić information content (AvgIpc) is 3.39. The third-order valence-electron chi connectivity index (χ3n) is 5.32. The standard InChI is InChI=1S/C24H16Cl3N3OS/c25-14-4-7-16(8-5-14)30-23(22(29-24(30)32)19-3-1-2-12-28-19)21-11-10-20(31-21)17-9-6-15(26)13-18(17)27/h1-13,22-23H,(H,29,32)/t22-,23+/m0/s1. The molecule has 0 radical (unpaired) electrons. The van der Waals surface area contributed by atoms with Gasteiger partial charge >= 0.3 is 0 Å². The molecule has 2 atom stereocenters. The van der Waals surface area contributed by atoms with Gasteiger partial charge in [-0.1, -0.05) is 40.9 Å². The second-order valence-electron chi connectivity index (χ2n) is 7.30. The van der Waals surface area contributed by atoms with Gasteiger partial charge in [-0.2, -0.15) is 0 Å². The normalized spacial score (nSPS) is 18.1. The third-order valence-corrected chi connectivity index (χ3v) is 6.43. The summed E-state index contributed by atoms with van der Waals surface area (Å²) in [5.41, 5.74) is 2.53. The van der Waals surface area contributed by atoms with Gasteiger partial charge in [0.2, 0.25) is 0 Å². The molecule has 5 rings (SSSR count). The van der Waals surface area contributed by atoms with Crippen molar-refractivity contribution in [2.24, 2.45) is 0 Å². The molecule has 0 aliphatic carbocycles. The molecule has 0 spiro atoms. The van der Waals surface area contributed by atoms with Crippen LogP contribution in [0.25, 0.3) is 11.3 Å². The van der Waals surface area contributed by atoms with E-state index in [1.807, 2.05) is 65.6 Å². The Morgan fingerprint density at radius 1 is 0.906 bits per heavy atom. The number of hydrogen-bond donors (Lipinski definition) is 1. The molecule has 2 aromatic carbocycles. The predicted molar refractivity (Wildman–Crippen MR) is 134 cm³/mol. The van der Waals surface area contributed by atoms with E-state index in [1.165, 1.54) is 0 Å². The SMILES string of the molecule is S=C1N[C@@H](c2ccccn2)[C@@H](c2ccc(-c3ccc(Cl)cc3Cl)o2)N1c1ccc(Cl)cc1. The van der Waals surface area contributed by atoms with Crippen molar-refractivity contribution in [2.45, 2.75) is 12.1 Å². The molecule has 1 saturated heterocycles. The third kappa shape index (κ3) is 3.97. The molecule has 1 aliphatic heterocycles. The van der Waals surface area contributed by atoms with Crippen molar-refractivity contribution >= 4 is 57.8 Å². The molecular formula is C24H16Cl3N3OS. The summed E-state index contributed by atoms with van der Waals surface area (Å²) in [6, 6.07) is 22.1. The Hall–Kier alpha value is -2.57. The maximum Gasteiger partial charge on any atom is 0.174 e. The molecule has 8 heteroatoms. The second-order valence-corrected chi connectivity index (χ2v) is 8.97. The van der Waals surface area contributed by atoms with Crippen LogP contribution in [-0.2, 0) is 0 Å². The highest BCUT2D eigenvalue weighted by molar-refractivity contribution is 7.80. The minimum atomic E-state index is -0.265. The lowest BCUT2D eigenvalue weighted by Gasteiger charge is -2.26. The van der Waals surface area contributed by atoms with E-state index in [0.717, 1.165) is 22.7 Å². The van der Waals surface area contributed by atoms with E-state index >= 15 is 0 Å². The summed E-state index contributed by atoms with van der Waals surface area (Å²) in [5, 5.41) is 5.73. The van der Waals surface area contributed by atoms with Crippen LogP contribution in [0.2, 0.25) is 15.1 Å². The highest BCUT2D eigenvalue weighted by atomic mass is 35.5. The average molecular weight is 501 g/mol. The second kappa shape index (κ2) is 8.75. The number of halogens is 3. The van der Waals surface area contributed by atoms with Gasteiger partial charge < -0.3 is 14.6 Å². The minimum Gasteiger partial charge on any atom is -0.459 e. The fourth-order valence-corrected chi connectivity index (χ4v) is 4.84. The number of anilines is 1. The summed E-state index contributed by atoms with van der Waals surface area (Å²) < 4.78 is 6.33. The van der Waals surface area contributed by atoms with Crippen molar-refractivity contribution in [1.29, 1.82) is 0 Å². The summed E-state index contributed by atoms with van der Waals surface area (Å²) in [7, 11) is 0. The summed E-state index contributed by atoms with van der Waals surface area (Å²) in [5.74, 6) is 1.37. The molecule has 32 heavy (non-hydrogen) atoms. The first-order valence-corrected chi connectivity index (χ1v) is 11.4. The van der Waals surface area contributed by atoms with E-state index in [1.54, 1.807) is 18.3 Å². The smallest absolute Gasteiger partial charge is 0.174 e. The van der Waals surface area contributed by atoms with E-state index in [0.29, 0.717) is 25.9 Å². The maximum atomic E-state index is 6.41. The van der Waals surface area contributed by atoms with Gasteiger partial charge in [-0.05, 0) is 78.9 Å². The van der Waals surface area contributed by atoms with Crippen LogP contribution in [0.4, 0.5) is 5.69 Å². The zero-order chi connectivity index (χ0) is 22.2. The highest BCUT2D eigenvalue weighted by Crippen LogP contribution is 2.43. The van der Waals surface area contributed by atoms with Gasteiger partial charge in [0.25, 0.3) is 0 Å². The number of hydrogen-bond acceptors (Lipinski definition) is 3. The lowest BCUT2D eigenvalue weighted by Crippen LogP contribution is -2.29. The molecule has 160 valence electrons. The van der Waals surface area contributed by atoms with Crippen LogP contribution in [0.5, 0.6) is 0 Å². The Bertz CT molecular complexity index is 1280. The molecule has 0 saturated carbocycles. The number of pyridine rings is 1. The fourth-order valence-electron chi connectivity index (χ4n) is 3.87. The number of thiocarbonyl (C=S) groups is 1. The lowest BCUT2D eigenvalue weighted by atomic mass is 10.0. The van der Waals surface area contributed by atoms with Crippen molar-refractivity contribution in [3.05, 3.63) is 106 Å². The van der Waals surface area contributed by atoms with Crippen LogP contribution >= 0.6 is 47.0 Å². The highest BCUT2D eigenvalue weighted by Gasteiger charge is 2.42. The van der Waals surface area contributed by atoms with Crippen molar-refractivity contribution in [3.8, 4) is 11.3 Å². The van der Waals surface area contributed by atoms with E-state index in [2.05, 4.69) is 10.3 Å². The topological polar surface area (TPSA) is 41.3 Å². The van der Waals surface area contributed by atoms with Crippen molar-refractivity contribution in [2.75, 3.05) is 4.90 Å². The molecule has 3 heterocycles. The van der Waals surface area contributed by atoms with Crippen LogP contribution in [-0.4, -0.2) is 10.1 Å². The molecule has 1 fully saturated rings. The van der Waals surface area contributed by atoms with Gasteiger partial charge in [0, 0.05) is 27.5 Å². The van der Waals surface area contributed by atoms with Gasteiger partial charge in [0.1, 0.15) is 17.6 Å². The van der Waals surface area contributed by atoms with E-state index in [-0.39, 0.29) is 12.1 Å². The monoisotopic (exact) mass is 499 g/mol. The quantitative estimate of drug-likeness (QED) is 0.294. The van der Waals surface area contributed by atoms with Crippen LogP contribution in [0.3, 0.4) is 0 Å². The van der Waals surface area contributed by atoms with Gasteiger partial charge in [0.05, 0.1) is 16.8 Å². The summed E-state index contributed by atoms with van der Waals surface area (Å²) in [4.78, 5) is 6.58. The molecule has 4 aromatic rings. The molecule has 0 unspecified atom stereocenters. The fraction of sp³-hybridized carbons (Fsp3) is 0.0833. The first-order valence-electron chi connectivity index (χ1n) is 9.82. The van der Waals surface area contributed by atoms with Crippen molar-refractivity contribution < 1.29 is 4.42 Å². The van der Waals surface area contributed by atoms with Crippen LogP contribution < -0.4 is 10.2 Å². The number of benzene rings is 2. The number of rotatable bonds is 4. The Morgan fingerprint density at radius 3 is 2.41 bits per heavy atom. The number of aromatic nitrogens is 1. The summed E-state index contributed by atoms with van der Waals surface area (Å²) >= 11 is 24.3. The largest absolute Gasteiger partial charge is 0.459 e. The molecule has 1 aliphatic rings. The molecule has 0 amide bonds. The summed E-state index contributed by atoms with van der Waals surface area (Å²) in [6.45, 7) is 0. The van der Waals surface area contributed by atoms with Crippen molar-refractivity contribution in [3.63, 3.8) is 0 Å². The Morgan fingerprint density at radius 2 is 1.69 bits per heavy atom. The minimum absolute atomic E-state index is 0.209. The molecule has 2 aromatic heterocycles. The molecular weight excluding hydrogens is 485 g/mol. The van der Waals surface area contributed by atoms with E-state index in [9.17, 15) is 0 Å². The molecule has 0 bridgehead atoms. The zero-order valence-electron chi connectivity index (χ0n) is 16.5. The van der Waals surface area contributed by atoms with Gasteiger partial charge in [0.15, 0.2) is 5.11 Å². The number of furan rings is 1. The van der Waals surface area contributed by atoms with Crippen LogP contribution in [0.15, 0.2) is 83.4 Å². The Kier molecular flexibility index (Phi) is 5.82. The first-order chi connectivity index (χ1) is 15.5. The van der Waals surface area contributed by atoms with Gasteiger partial charge in [-0.25, -0.2) is 0 Å². The summed E-state index contributed by atoms with van der Waals surface area (Å²) in [6.07, 6.45) is 1.77. The van der Waals surface area contributed by atoms with Crippen LogP contribution in [0.1, 0.15) is 23.5 Å². The lowest BCUT2D eigenvalue weighted by molar-refractivity contribution is 0.439. The predicted octanol–water partition coefficient (Wildman–Crippen LogP) is 7.48. The Balaban J connectivity index is 1.60. The first kappa shape index (κ1) is 21.3. The number of nitrogens with one attached hydrogen (secondary N) is 1. The van der Waals surface area contributed by atoms with Gasteiger partial charge in [-0.3, -0.25) is 4.98 Å². The van der Waals surface area contributed by atoms with E-state index in [4.69, 9.17) is 51.4 Å². The number of nitrogens with zero attached hydrogens (tertiary/aromatic N) is 2. The van der Waals surface area contributed by atoms with E-state index < -0.39 is 0 Å². The maximum absolute atomic E-state index is 6.41. The Labute approximate surface area is 205 Å². The molecule has 1 N–H and O–H groups in total. The van der Waals surface area contributed by atoms with Gasteiger partial charge in [-0.15, -0.1) is 0 Å². The van der Waals surface area contributed by atoms with Crippen LogP contribution in [0, 0.1) is 0 Å². The van der Waals surface area contributed by atoms with Crippen molar-refractivity contribution in [1.82, 2.24) is 10.3 Å². The zero-order valence-corrected chi connectivity index (χ0v) is 19.6. The molecule has 4 nitrogen and oxygen atoms in total.